The van der Waals surface area contributed by atoms with Gasteiger partial charge in [-0.05, 0) is 60.5 Å². The highest BCUT2D eigenvalue weighted by atomic mass is 35.5. The second-order valence-electron chi connectivity index (χ2n) is 9.19. The Balaban J connectivity index is 1.69. The molecule has 4 rings (SSSR count). The van der Waals surface area contributed by atoms with E-state index in [0.717, 1.165) is 28.7 Å². The molecule has 42 heavy (non-hydrogen) atoms. The SMILES string of the molecule is COc1ccc(CCN(C(=O)c2ccc(Cl)c([N+](=O)[O-])c2)C2CC(=O)N(c3ccc(S(N)(=O)=O)cc3)C2=O)cc1OC. The van der Waals surface area contributed by atoms with E-state index in [4.69, 9.17) is 26.2 Å². The summed E-state index contributed by atoms with van der Waals surface area (Å²) in [6.45, 7) is -0.0490. The number of nitrogens with zero attached hydrogens (tertiary/aromatic N) is 3. The molecule has 0 radical (unpaired) electrons. The molecule has 1 heterocycles. The van der Waals surface area contributed by atoms with Gasteiger partial charge in [-0.1, -0.05) is 17.7 Å². The zero-order valence-corrected chi connectivity index (χ0v) is 23.9. The fourth-order valence-corrected chi connectivity index (χ4v) is 5.25. The van der Waals surface area contributed by atoms with E-state index in [-0.39, 0.29) is 40.6 Å². The number of halogens is 1. The van der Waals surface area contributed by atoms with Gasteiger partial charge in [0.1, 0.15) is 11.1 Å². The predicted octanol–water partition coefficient (Wildman–Crippen LogP) is 2.93. The number of amides is 3. The maximum absolute atomic E-state index is 13.8. The number of carbonyl (C=O) groups excluding carboxylic acids is 3. The third kappa shape index (κ3) is 6.20. The summed E-state index contributed by atoms with van der Waals surface area (Å²) < 4.78 is 33.8. The van der Waals surface area contributed by atoms with Crippen molar-refractivity contribution in [3.8, 4) is 11.5 Å². The number of anilines is 1. The van der Waals surface area contributed by atoms with E-state index < -0.39 is 44.4 Å². The van der Waals surface area contributed by atoms with Gasteiger partial charge in [0.15, 0.2) is 11.5 Å². The smallest absolute Gasteiger partial charge is 0.288 e. The Hall–Kier alpha value is -4.53. The Bertz CT molecular complexity index is 1680. The standard InChI is InChI=1S/C27H25ClN4O9S/c1-40-23-10-3-16(13-24(23)41-2)11-12-30(26(34)17-4-9-20(28)21(14-17)32(36)37)22-15-25(33)31(27(22)35)18-5-7-19(8-6-18)42(29,38)39/h3-10,13-14,22H,11-12,15H2,1-2H3,(H2,29,38,39). The monoisotopic (exact) mass is 616 g/mol. The lowest BCUT2D eigenvalue weighted by Gasteiger charge is -2.28. The molecule has 0 bridgehead atoms. The van der Waals surface area contributed by atoms with E-state index in [1.807, 2.05) is 0 Å². The minimum absolute atomic E-state index is 0.0490. The van der Waals surface area contributed by atoms with Gasteiger partial charge >= 0.3 is 0 Å². The number of carbonyl (C=O) groups is 3. The summed E-state index contributed by atoms with van der Waals surface area (Å²) in [6, 6.07) is 12.2. The summed E-state index contributed by atoms with van der Waals surface area (Å²) in [5.41, 5.74) is 0.219. The zero-order chi connectivity index (χ0) is 30.8. The third-order valence-electron chi connectivity index (χ3n) is 6.66. The highest BCUT2D eigenvalue weighted by molar-refractivity contribution is 7.89. The van der Waals surface area contributed by atoms with Crippen LogP contribution in [0.25, 0.3) is 0 Å². The van der Waals surface area contributed by atoms with Crippen LogP contribution in [0, 0.1) is 10.1 Å². The molecule has 1 unspecified atom stereocenters. The molecule has 1 saturated heterocycles. The molecule has 15 heteroatoms. The van der Waals surface area contributed by atoms with Crippen LogP contribution in [0.3, 0.4) is 0 Å². The van der Waals surface area contributed by atoms with Crippen molar-refractivity contribution in [3.63, 3.8) is 0 Å². The van der Waals surface area contributed by atoms with E-state index in [2.05, 4.69) is 0 Å². The lowest BCUT2D eigenvalue weighted by atomic mass is 10.1. The van der Waals surface area contributed by atoms with Crippen LogP contribution < -0.4 is 19.5 Å². The van der Waals surface area contributed by atoms with E-state index in [9.17, 15) is 32.9 Å². The fraction of sp³-hybridized carbons (Fsp3) is 0.222. The molecule has 1 aliphatic heterocycles. The number of sulfonamides is 1. The first-order valence-electron chi connectivity index (χ1n) is 12.3. The van der Waals surface area contributed by atoms with E-state index in [1.54, 1.807) is 18.2 Å². The quantitative estimate of drug-likeness (QED) is 0.203. The normalized spacial score (nSPS) is 15.0. The van der Waals surface area contributed by atoms with Gasteiger partial charge in [0.05, 0.1) is 36.1 Å². The Morgan fingerprint density at radius 2 is 1.74 bits per heavy atom. The number of methoxy groups -OCH3 is 2. The van der Waals surface area contributed by atoms with Crippen LogP contribution >= 0.6 is 11.6 Å². The Labute approximate surface area is 245 Å². The van der Waals surface area contributed by atoms with Gasteiger partial charge in [-0.15, -0.1) is 0 Å². The second-order valence-corrected chi connectivity index (χ2v) is 11.2. The van der Waals surface area contributed by atoms with Gasteiger partial charge in [-0.25, -0.2) is 18.5 Å². The van der Waals surface area contributed by atoms with Crippen LogP contribution in [0.4, 0.5) is 11.4 Å². The van der Waals surface area contributed by atoms with Crippen molar-refractivity contribution in [2.45, 2.75) is 23.8 Å². The zero-order valence-electron chi connectivity index (χ0n) is 22.4. The molecule has 0 spiro atoms. The van der Waals surface area contributed by atoms with Crippen LogP contribution in [-0.2, 0) is 26.0 Å². The summed E-state index contributed by atoms with van der Waals surface area (Å²) in [7, 11) is -1.05. The van der Waals surface area contributed by atoms with Crippen molar-refractivity contribution in [1.82, 2.24) is 4.90 Å². The minimum atomic E-state index is -4.01. The largest absolute Gasteiger partial charge is 0.493 e. The minimum Gasteiger partial charge on any atom is -0.493 e. The molecule has 3 aromatic carbocycles. The predicted molar refractivity (Wildman–Crippen MR) is 151 cm³/mol. The van der Waals surface area contributed by atoms with Crippen LogP contribution in [0.1, 0.15) is 22.3 Å². The van der Waals surface area contributed by atoms with Gasteiger partial charge < -0.3 is 14.4 Å². The van der Waals surface area contributed by atoms with Crippen molar-refractivity contribution < 1.29 is 37.2 Å². The molecule has 220 valence electrons. The Kier molecular flexibility index (Phi) is 8.80. The molecular formula is C27H25ClN4O9S. The molecule has 2 N–H and O–H groups in total. The van der Waals surface area contributed by atoms with Gasteiger partial charge in [-0.3, -0.25) is 24.5 Å². The lowest BCUT2D eigenvalue weighted by molar-refractivity contribution is -0.384. The number of hydrogen-bond acceptors (Lipinski definition) is 9. The topological polar surface area (TPSA) is 179 Å². The number of primary sulfonamides is 1. The van der Waals surface area contributed by atoms with Crippen molar-refractivity contribution in [2.75, 3.05) is 25.7 Å². The molecule has 1 fully saturated rings. The molecular weight excluding hydrogens is 592 g/mol. The number of rotatable bonds is 10. The highest BCUT2D eigenvalue weighted by Crippen LogP contribution is 2.31. The van der Waals surface area contributed by atoms with Gasteiger partial charge in [0, 0.05) is 18.2 Å². The molecule has 0 aliphatic carbocycles. The number of imide groups is 1. The van der Waals surface area contributed by atoms with E-state index >= 15 is 0 Å². The number of hydrogen-bond donors (Lipinski definition) is 1. The van der Waals surface area contributed by atoms with Crippen LogP contribution in [0.15, 0.2) is 65.6 Å². The molecule has 0 aromatic heterocycles. The first-order chi connectivity index (χ1) is 19.8. The number of benzene rings is 3. The average Bonchev–Trinajstić information content (AvgIpc) is 3.25. The number of nitro benzene ring substituents is 1. The van der Waals surface area contributed by atoms with Crippen molar-refractivity contribution in [3.05, 3.63) is 86.9 Å². The first-order valence-corrected chi connectivity index (χ1v) is 14.2. The summed E-state index contributed by atoms with van der Waals surface area (Å²) in [6.07, 6.45) is -0.147. The van der Waals surface area contributed by atoms with Crippen molar-refractivity contribution >= 4 is 50.7 Å². The first kappa shape index (κ1) is 30.4. The second kappa shape index (κ2) is 12.1. The maximum atomic E-state index is 13.8. The third-order valence-corrected chi connectivity index (χ3v) is 7.91. The van der Waals surface area contributed by atoms with E-state index in [0.29, 0.717) is 11.5 Å². The number of ether oxygens (including phenoxy) is 2. The van der Waals surface area contributed by atoms with Gasteiger partial charge in [0.25, 0.3) is 17.5 Å². The molecule has 13 nitrogen and oxygen atoms in total. The van der Waals surface area contributed by atoms with Crippen LogP contribution in [0.2, 0.25) is 5.02 Å². The molecule has 3 amide bonds. The lowest BCUT2D eigenvalue weighted by Crippen LogP contribution is -2.46. The highest BCUT2D eigenvalue weighted by Gasteiger charge is 2.44. The number of nitrogens with two attached hydrogens (primary N) is 1. The average molecular weight is 617 g/mol. The Morgan fingerprint density at radius 3 is 2.33 bits per heavy atom. The summed E-state index contributed by atoms with van der Waals surface area (Å²) >= 11 is 5.93. The summed E-state index contributed by atoms with van der Waals surface area (Å²) in [4.78, 5) is 53.0. The van der Waals surface area contributed by atoms with Gasteiger partial charge in [0.2, 0.25) is 15.9 Å². The van der Waals surface area contributed by atoms with Gasteiger partial charge in [-0.2, -0.15) is 0 Å². The number of nitro groups is 1. The van der Waals surface area contributed by atoms with E-state index in [1.165, 1.54) is 43.4 Å². The maximum Gasteiger partial charge on any atom is 0.288 e. The van der Waals surface area contributed by atoms with Crippen molar-refractivity contribution in [1.29, 1.82) is 0 Å². The molecule has 0 saturated carbocycles. The molecule has 3 aromatic rings. The molecule has 1 atom stereocenters. The van der Waals surface area contributed by atoms with Crippen LogP contribution in [-0.4, -0.2) is 62.8 Å². The Morgan fingerprint density at radius 1 is 1.07 bits per heavy atom. The summed E-state index contributed by atoms with van der Waals surface area (Å²) in [5.74, 6) is -1.15. The van der Waals surface area contributed by atoms with Crippen LogP contribution in [0.5, 0.6) is 11.5 Å². The van der Waals surface area contributed by atoms with Crippen molar-refractivity contribution in [2.24, 2.45) is 5.14 Å². The molecule has 1 aliphatic rings. The fourth-order valence-electron chi connectivity index (χ4n) is 4.55. The summed E-state index contributed by atoms with van der Waals surface area (Å²) in [5, 5.41) is 16.4.